The quantitative estimate of drug-likeness (QED) is 0.213. The molecule has 1 heterocycles. The number of thioether (sulfide) groups is 1. The van der Waals surface area contributed by atoms with E-state index < -0.39 is 28.5 Å². The Morgan fingerprint density at radius 3 is 2.47 bits per heavy atom. The number of benzene rings is 3. The first-order valence-electron chi connectivity index (χ1n) is 10.6. The van der Waals surface area contributed by atoms with Crippen molar-refractivity contribution in [2.75, 3.05) is 11.9 Å². The van der Waals surface area contributed by atoms with Gasteiger partial charge in [0, 0.05) is 22.2 Å². The second-order valence-corrected chi connectivity index (χ2v) is 9.39. The predicted molar refractivity (Wildman–Crippen MR) is 139 cm³/mol. The highest BCUT2D eigenvalue weighted by atomic mass is 79.9. The Morgan fingerprint density at radius 2 is 1.75 bits per heavy atom. The minimum absolute atomic E-state index is 0.0139. The molecule has 1 N–H and O–H groups in total. The lowest BCUT2D eigenvalue weighted by Gasteiger charge is -2.13. The topological polar surface area (TPSA) is 119 Å². The third-order valence-corrected chi connectivity index (χ3v) is 6.67. The van der Waals surface area contributed by atoms with E-state index in [9.17, 15) is 24.5 Å². The maximum Gasteiger partial charge on any atom is 0.294 e. The molecule has 1 aliphatic rings. The fraction of sp³-hybridized carbons (Fsp3) is 0.0800. The van der Waals surface area contributed by atoms with Gasteiger partial charge in [-0.05, 0) is 69.7 Å². The van der Waals surface area contributed by atoms with Crippen molar-refractivity contribution in [2.45, 2.75) is 6.61 Å². The molecule has 1 fully saturated rings. The number of amides is 3. The molecule has 36 heavy (non-hydrogen) atoms. The highest BCUT2D eigenvalue weighted by Crippen LogP contribution is 2.34. The molecule has 0 bridgehead atoms. The fourth-order valence-corrected chi connectivity index (χ4v) is 4.49. The number of nitrogens with zero attached hydrogens (tertiary/aromatic N) is 2. The van der Waals surface area contributed by atoms with Crippen LogP contribution < -0.4 is 10.1 Å². The standard InChI is InChI=1S/C25H18BrN3O6S/c26-19-6-2-3-7-20(19)27-23(30)14-28-24(31)22(36-25(28)32)13-17-5-1-4-8-21(17)35-15-16-9-11-18(12-10-16)29(33)34/h1-13H,14-15H2,(H,27,30)/b22-13-. The van der Waals surface area contributed by atoms with Gasteiger partial charge in [-0.2, -0.15) is 0 Å². The molecule has 0 aromatic heterocycles. The largest absolute Gasteiger partial charge is 0.488 e. The maximum atomic E-state index is 12.9. The summed E-state index contributed by atoms with van der Waals surface area (Å²) in [6.45, 7) is -0.263. The molecule has 3 aromatic rings. The number of hydrogen-bond acceptors (Lipinski definition) is 7. The number of carbonyl (C=O) groups is 3. The SMILES string of the molecule is O=C(CN1C(=O)S/C(=C\c2ccccc2OCc2ccc([N+](=O)[O-])cc2)C1=O)Nc1ccccc1Br. The maximum absolute atomic E-state index is 12.9. The van der Waals surface area contributed by atoms with Crippen molar-refractivity contribution < 1.29 is 24.0 Å². The lowest BCUT2D eigenvalue weighted by molar-refractivity contribution is -0.384. The van der Waals surface area contributed by atoms with Crippen molar-refractivity contribution >= 4 is 62.2 Å². The molecular weight excluding hydrogens is 550 g/mol. The summed E-state index contributed by atoms with van der Waals surface area (Å²) in [5.74, 6) is -0.607. The van der Waals surface area contributed by atoms with Crippen LogP contribution in [0, 0.1) is 10.1 Å². The molecule has 11 heteroatoms. The van der Waals surface area contributed by atoms with Crippen LogP contribution in [0.25, 0.3) is 6.08 Å². The van der Waals surface area contributed by atoms with Gasteiger partial charge >= 0.3 is 0 Å². The van der Waals surface area contributed by atoms with Gasteiger partial charge in [0.2, 0.25) is 5.91 Å². The van der Waals surface area contributed by atoms with Gasteiger partial charge in [0.05, 0.1) is 15.5 Å². The number of nitro benzene ring substituents is 1. The van der Waals surface area contributed by atoms with E-state index >= 15 is 0 Å². The number of non-ortho nitro benzene ring substituents is 1. The second-order valence-electron chi connectivity index (χ2n) is 7.55. The molecule has 3 aromatic carbocycles. The molecular formula is C25H18BrN3O6S. The molecule has 0 spiro atoms. The highest BCUT2D eigenvalue weighted by molar-refractivity contribution is 9.10. The fourth-order valence-electron chi connectivity index (χ4n) is 3.28. The van der Waals surface area contributed by atoms with E-state index in [0.717, 1.165) is 22.2 Å². The molecule has 182 valence electrons. The zero-order valence-corrected chi connectivity index (χ0v) is 21.0. The summed E-state index contributed by atoms with van der Waals surface area (Å²) >= 11 is 4.08. The number of para-hydroxylation sites is 2. The average Bonchev–Trinajstić information content (AvgIpc) is 3.12. The summed E-state index contributed by atoms with van der Waals surface area (Å²) in [6, 6.07) is 20.0. The van der Waals surface area contributed by atoms with Gasteiger partial charge in [-0.1, -0.05) is 30.3 Å². The predicted octanol–water partition coefficient (Wildman–Crippen LogP) is 5.61. The molecule has 3 amide bonds. The van der Waals surface area contributed by atoms with Gasteiger partial charge in [0.15, 0.2) is 0 Å². The number of carbonyl (C=O) groups excluding carboxylic acids is 3. The summed E-state index contributed by atoms with van der Waals surface area (Å²) in [5, 5.41) is 12.9. The van der Waals surface area contributed by atoms with E-state index in [-0.39, 0.29) is 17.2 Å². The number of hydrogen-bond donors (Lipinski definition) is 1. The highest BCUT2D eigenvalue weighted by Gasteiger charge is 2.36. The molecule has 1 saturated heterocycles. The van der Waals surface area contributed by atoms with E-state index in [1.165, 1.54) is 12.1 Å². The van der Waals surface area contributed by atoms with Crippen LogP contribution in [0.15, 0.2) is 82.2 Å². The number of ether oxygens (including phenoxy) is 1. The summed E-state index contributed by atoms with van der Waals surface area (Å²) in [4.78, 5) is 49.2. The smallest absolute Gasteiger partial charge is 0.294 e. The normalized spacial score (nSPS) is 14.2. The van der Waals surface area contributed by atoms with Gasteiger partial charge in [-0.25, -0.2) is 0 Å². The first-order valence-corrected chi connectivity index (χ1v) is 12.2. The number of anilines is 1. The summed E-state index contributed by atoms with van der Waals surface area (Å²) in [6.07, 6.45) is 1.54. The number of halogens is 1. The van der Waals surface area contributed by atoms with Crippen LogP contribution in [0.3, 0.4) is 0 Å². The van der Waals surface area contributed by atoms with Gasteiger partial charge < -0.3 is 10.1 Å². The van der Waals surface area contributed by atoms with Gasteiger partial charge in [-0.3, -0.25) is 29.4 Å². The summed E-state index contributed by atoms with van der Waals surface area (Å²) in [5.41, 5.74) is 1.82. The first-order chi connectivity index (χ1) is 17.3. The van der Waals surface area contributed by atoms with Crippen LogP contribution >= 0.6 is 27.7 Å². The molecule has 4 rings (SSSR count). The van der Waals surface area contributed by atoms with E-state index in [2.05, 4.69) is 21.2 Å². The number of nitro groups is 1. The van der Waals surface area contributed by atoms with Crippen molar-refractivity contribution in [3.8, 4) is 5.75 Å². The molecule has 1 aliphatic heterocycles. The molecule has 9 nitrogen and oxygen atoms in total. The van der Waals surface area contributed by atoms with Crippen molar-refractivity contribution in [2.24, 2.45) is 0 Å². The van der Waals surface area contributed by atoms with E-state index in [4.69, 9.17) is 4.74 Å². The molecule has 0 saturated carbocycles. The molecule has 0 unspecified atom stereocenters. The van der Waals surface area contributed by atoms with E-state index in [1.807, 2.05) is 0 Å². The molecule has 0 radical (unpaired) electrons. The van der Waals surface area contributed by atoms with Crippen molar-refractivity contribution in [1.29, 1.82) is 0 Å². The Hall–Kier alpha value is -3.96. The van der Waals surface area contributed by atoms with Crippen LogP contribution in [0.2, 0.25) is 0 Å². The molecule has 0 atom stereocenters. The van der Waals surface area contributed by atoms with Crippen LogP contribution in [0.1, 0.15) is 11.1 Å². The van der Waals surface area contributed by atoms with Crippen LogP contribution in [-0.2, 0) is 16.2 Å². The third kappa shape index (κ3) is 5.99. The number of rotatable bonds is 8. The lowest BCUT2D eigenvalue weighted by atomic mass is 10.1. The van der Waals surface area contributed by atoms with Crippen LogP contribution in [0.4, 0.5) is 16.2 Å². The minimum atomic E-state index is -0.572. The lowest BCUT2D eigenvalue weighted by Crippen LogP contribution is -2.36. The average molecular weight is 568 g/mol. The Bertz CT molecular complexity index is 1380. The number of nitrogens with one attached hydrogen (secondary N) is 1. The minimum Gasteiger partial charge on any atom is -0.488 e. The second kappa shape index (κ2) is 11.2. The van der Waals surface area contributed by atoms with E-state index in [0.29, 0.717) is 21.5 Å². The van der Waals surface area contributed by atoms with Gasteiger partial charge in [-0.15, -0.1) is 0 Å². The van der Waals surface area contributed by atoms with E-state index in [1.54, 1.807) is 66.7 Å². The van der Waals surface area contributed by atoms with Crippen LogP contribution in [-0.4, -0.2) is 33.4 Å². The van der Waals surface area contributed by atoms with Gasteiger partial charge in [0.1, 0.15) is 18.9 Å². The Labute approximate surface area is 218 Å². The zero-order chi connectivity index (χ0) is 25.7. The Balaban J connectivity index is 1.44. The Morgan fingerprint density at radius 1 is 1.06 bits per heavy atom. The summed E-state index contributed by atoms with van der Waals surface area (Å²) in [7, 11) is 0. The zero-order valence-electron chi connectivity index (χ0n) is 18.5. The summed E-state index contributed by atoms with van der Waals surface area (Å²) < 4.78 is 6.54. The van der Waals surface area contributed by atoms with Crippen molar-refractivity contribution in [3.05, 3.63) is 103 Å². The van der Waals surface area contributed by atoms with Crippen LogP contribution in [0.5, 0.6) is 5.75 Å². The number of imide groups is 1. The first kappa shape index (κ1) is 25.1. The third-order valence-electron chi connectivity index (χ3n) is 5.07. The molecule has 0 aliphatic carbocycles. The van der Waals surface area contributed by atoms with Crippen molar-refractivity contribution in [3.63, 3.8) is 0 Å². The van der Waals surface area contributed by atoms with Gasteiger partial charge in [0.25, 0.3) is 16.8 Å². The Kier molecular flexibility index (Phi) is 7.81. The van der Waals surface area contributed by atoms with Crippen molar-refractivity contribution in [1.82, 2.24) is 4.90 Å². The monoisotopic (exact) mass is 567 g/mol.